The summed E-state index contributed by atoms with van der Waals surface area (Å²) in [5.74, 6) is -0.0737. The third-order valence-electron chi connectivity index (χ3n) is 2.03. The number of carbonyl (C=O) groups is 1. The van der Waals surface area contributed by atoms with E-state index in [0.717, 1.165) is 25.8 Å². The maximum Gasteiger partial charge on any atom is 0.303 e. The molecule has 0 unspecified atom stereocenters. The van der Waals surface area contributed by atoms with Crippen LogP contribution in [0.2, 0.25) is 0 Å². The zero-order valence-electron chi connectivity index (χ0n) is 8.02. The molecule has 0 aliphatic carbocycles. The fourth-order valence-electron chi connectivity index (χ4n) is 1.25. The number of aryl methyl sites for hydroxylation is 1. The van der Waals surface area contributed by atoms with E-state index >= 15 is 0 Å². The lowest BCUT2D eigenvalue weighted by Crippen LogP contribution is -2.01. The highest BCUT2D eigenvalue weighted by Crippen LogP contribution is 2.05. The van der Waals surface area contributed by atoms with Crippen LogP contribution in [0.25, 0.3) is 0 Å². The van der Waals surface area contributed by atoms with Crippen LogP contribution in [-0.4, -0.2) is 20.6 Å². The highest BCUT2D eigenvalue weighted by Gasteiger charge is 1.98. The van der Waals surface area contributed by atoms with Crippen molar-refractivity contribution < 1.29 is 9.90 Å². The second-order valence-corrected chi connectivity index (χ2v) is 3.22. The monoisotopic (exact) mass is 197 g/mol. The molecule has 0 aromatic carbocycles. The number of carboxylic acids is 1. The fourth-order valence-corrected chi connectivity index (χ4v) is 1.25. The summed E-state index contributed by atoms with van der Waals surface area (Å²) >= 11 is 0. The summed E-state index contributed by atoms with van der Waals surface area (Å²) in [6.07, 6.45) is 6.12. The van der Waals surface area contributed by atoms with Crippen molar-refractivity contribution in [3.05, 3.63) is 12.5 Å². The van der Waals surface area contributed by atoms with Crippen LogP contribution < -0.4 is 5.73 Å². The van der Waals surface area contributed by atoms with Gasteiger partial charge in [0, 0.05) is 13.0 Å². The molecule has 0 fully saturated rings. The molecule has 5 heteroatoms. The van der Waals surface area contributed by atoms with Crippen molar-refractivity contribution in [2.75, 3.05) is 5.73 Å². The summed E-state index contributed by atoms with van der Waals surface area (Å²) in [6, 6.07) is 0. The highest BCUT2D eigenvalue weighted by atomic mass is 16.4. The Morgan fingerprint density at radius 2 is 2.29 bits per heavy atom. The van der Waals surface area contributed by atoms with Gasteiger partial charge >= 0.3 is 5.97 Å². The predicted octanol–water partition coefficient (Wildman–Crippen LogP) is 1.11. The number of hydrogen-bond acceptors (Lipinski definition) is 3. The quantitative estimate of drug-likeness (QED) is 0.669. The van der Waals surface area contributed by atoms with Crippen LogP contribution in [0.3, 0.4) is 0 Å². The first-order valence-electron chi connectivity index (χ1n) is 4.67. The minimum absolute atomic E-state index is 0.249. The lowest BCUT2D eigenvalue weighted by Gasteiger charge is -2.03. The van der Waals surface area contributed by atoms with Crippen molar-refractivity contribution >= 4 is 11.8 Å². The summed E-state index contributed by atoms with van der Waals surface area (Å²) in [6.45, 7) is 0.811. The Labute approximate surface area is 82.6 Å². The Morgan fingerprint density at radius 1 is 1.50 bits per heavy atom. The van der Waals surface area contributed by atoms with Gasteiger partial charge in [0.05, 0.1) is 12.5 Å². The van der Waals surface area contributed by atoms with Gasteiger partial charge in [-0.25, -0.2) is 4.98 Å². The van der Waals surface area contributed by atoms with Gasteiger partial charge in [0.1, 0.15) is 5.82 Å². The number of rotatable bonds is 6. The van der Waals surface area contributed by atoms with Crippen molar-refractivity contribution in [3.8, 4) is 0 Å². The van der Waals surface area contributed by atoms with Crippen LogP contribution in [0.1, 0.15) is 25.7 Å². The summed E-state index contributed by atoms with van der Waals surface area (Å²) in [5.41, 5.74) is 5.61. The predicted molar refractivity (Wildman–Crippen MR) is 52.7 cm³/mol. The highest BCUT2D eigenvalue weighted by molar-refractivity contribution is 5.66. The van der Waals surface area contributed by atoms with Gasteiger partial charge in [0.15, 0.2) is 0 Å². The molecule has 0 atom stereocenters. The number of aliphatic carboxylic acids is 1. The Bertz CT molecular complexity index is 296. The minimum atomic E-state index is -0.729. The van der Waals surface area contributed by atoms with Gasteiger partial charge in [-0.3, -0.25) is 4.79 Å². The number of hydrogen-bond donors (Lipinski definition) is 2. The number of aromatic nitrogens is 2. The third-order valence-corrected chi connectivity index (χ3v) is 2.03. The van der Waals surface area contributed by atoms with Gasteiger partial charge in [-0.1, -0.05) is 6.42 Å². The zero-order valence-corrected chi connectivity index (χ0v) is 8.02. The number of nitrogen functional groups attached to an aromatic ring is 1. The molecule has 0 saturated carbocycles. The first-order chi connectivity index (χ1) is 6.70. The summed E-state index contributed by atoms with van der Waals surface area (Å²) in [4.78, 5) is 14.1. The van der Waals surface area contributed by atoms with E-state index in [1.807, 2.05) is 4.57 Å². The maximum absolute atomic E-state index is 10.2. The van der Waals surface area contributed by atoms with Gasteiger partial charge in [0.2, 0.25) is 0 Å². The summed E-state index contributed by atoms with van der Waals surface area (Å²) in [7, 11) is 0. The molecule has 0 saturated heterocycles. The molecule has 1 heterocycles. The van der Waals surface area contributed by atoms with Crippen molar-refractivity contribution in [2.45, 2.75) is 32.2 Å². The molecule has 78 valence electrons. The van der Waals surface area contributed by atoms with Gasteiger partial charge in [-0.05, 0) is 12.8 Å². The van der Waals surface area contributed by atoms with Crippen LogP contribution in [0, 0.1) is 0 Å². The van der Waals surface area contributed by atoms with E-state index in [4.69, 9.17) is 10.8 Å². The number of carboxylic acid groups (broad SMARTS) is 1. The normalized spacial score (nSPS) is 10.3. The Morgan fingerprint density at radius 3 is 2.86 bits per heavy atom. The van der Waals surface area contributed by atoms with E-state index in [2.05, 4.69) is 4.98 Å². The van der Waals surface area contributed by atoms with Gasteiger partial charge in [-0.15, -0.1) is 0 Å². The standard InChI is InChI=1S/C9H15N3O2/c10-8-6-11-7-12(8)5-3-1-2-4-9(13)14/h6-7H,1-5,10H2,(H,13,14). The number of nitrogens with two attached hydrogens (primary N) is 1. The lowest BCUT2D eigenvalue weighted by atomic mass is 10.2. The molecule has 0 amide bonds. The molecule has 0 radical (unpaired) electrons. The number of nitrogens with zero attached hydrogens (tertiary/aromatic N) is 2. The van der Waals surface area contributed by atoms with Crippen LogP contribution in [-0.2, 0) is 11.3 Å². The maximum atomic E-state index is 10.2. The van der Waals surface area contributed by atoms with Gasteiger partial charge < -0.3 is 15.4 Å². The van der Waals surface area contributed by atoms with E-state index < -0.39 is 5.97 Å². The van der Waals surface area contributed by atoms with Crippen molar-refractivity contribution in [3.63, 3.8) is 0 Å². The van der Waals surface area contributed by atoms with Crippen LogP contribution >= 0.6 is 0 Å². The van der Waals surface area contributed by atoms with Crippen LogP contribution in [0.15, 0.2) is 12.5 Å². The number of unbranched alkanes of at least 4 members (excludes halogenated alkanes) is 2. The Hall–Kier alpha value is -1.52. The van der Waals surface area contributed by atoms with E-state index in [-0.39, 0.29) is 6.42 Å². The van der Waals surface area contributed by atoms with Crippen molar-refractivity contribution in [1.82, 2.24) is 9.55 Å². The van der Waals surface area contributed by atoms with Gasteiger partial charge in [-0.2, -0.15) is 0 Å². The molecule has 3 N–H and O–H groups in total. The number of imidazole rings is 1. The molecule has 1 aromatic rings. The first-order valence-corrected chi connectivity index (χ1v) is 4.67. The van der Waals surface area contributed by atoms with Gasteiger partial charge in [0.25, 0.3) is 0 Å². The zero-order chi connectivity index (χ0) is 10.4. The molecule has 1 rings (SSSR count). The van der Waals surface area contributed by atoms with Crippen LogP contribution in [0.5, 0.6) is 0 Å². The Kier molecular flexibility index (Phi) is 3.97. The van der Waals surface area contributed by atoms with Crippen molar-refractivity contribution in [1.29, 1.82) is 0 Å². The lowest BCUT2D eigenvalue weighted by molar-refractivity contribution is -0.137. The molecular formula is C9H15N3O2. The van der Waals surface area contributed by atoms with E-state index in [1.54, 1.807) is 12.5 Å². The fraction of sp³-hybridized carbons (Fsp3) is 0.556. The largest absolute Gasteiger partial charge is 0.481 e. The van der Waals surface area contributed by atoms with Crippen molar-refractivity contribution in [2.24, 2.45) is 0 Å². The molecule has 1 aromatic heterocycles. The average Bonchev–Trinajstić information content (AvgIpc) is 2.51. The number of anilines is 1. The SMILES string of the molecule is Nc1cncn1CCCCCC(=O)O. The molecule has 5 nitrogen and oxygen atoms in total. The molecule has 0 aliphatic heterocycles. The third kappa shape index (κ3) is 3.47. The van der Waals surface area contributed by atoms with E-state index in [1.165, 1.54) is 0 Å². The molecule has 0 bridgehead atoms. The van der Waals surface area contributed by atoms with E-state index in [9.17, 15) is 4.79 Å². The topological polar surface area (TPSA) is 81.1 Å². The smallest absolute Gasteiger partial charge is 0.303 e. The molecule has 14 heavy (non-hydrogen) atoms. The molecular weight excluding hydrogens is 182 g/mol. The molecule has 0 aliphatic rings. The summed E-state index contributed by atoms with van der Waals surface area (Å²) < 4.78 is 1.86. The minimum Gasteiger partial charge on any atom is -0.481 e. The molecule has 0 spiro atoms. The van der Waals surface area contributed by atoms with Crippen LogP contribution in [0.4, 0.5) is 5.82 Å². The second kappa shape index (κ2) is 5.26. The Balaban J connectivity index is 2.10. The summed E-state index contributed by atoms with van der Waals surface area (Å²) in [5, 5.41) is 8.41. The average molecular weight is 197 g/mol. The second-order valence-electron chi connectivity index (χ2n) is 3.22. The van der Waals surface area contributed by atoms with E-state index in [0.29, 0.717) is 5.82 Å². The first kappa shape index (κ1) is 10.6.